The Labute approximate surface area is 122 Å². The summed E-state index contributed by atoms with van der Waals surface area (Å²) >= 11 is 3.81. The molecule has 1 fully saturated rings. The largest absolute Gasteiger partial charge is 0.372 e. The Morgan fingerprint density at radius 3 is 2.95 bits per heavy atom. The second-order valence-electron chi connectivity index (χ2n) is 4.82. The molecule has 0 aromatic carbocycles. The Morgan fingerprint density at radius 1 is 1.37 bits per heavy atom. The van der Waals surface area contributed by atoms with Gasteiger partial charge in [0.25, 0.3) is 0 Å². The van der Waals surface area contributed by atoms with Crippen molar-refractivity contribution in [2.45, 2.75) is 37.9 Å². The Kier molecular flexibility index (Phi) is 3.93. The number of hydrogen-bond acceptors (Lipinski definition) is 5. The van der Waals surface area contributed by atoms with Crippen LogP contribution < -0.4 is 5.32 Å². The molecule has 19 heavy (non-hydrogen) atoms. The highest BCUT2D eigenvalue weighted by Gasteiger charge is 2.21. The smallest absolute Gasteiger partial charge is 0.145 e. The average Bonchev–Trinajstić information content (AvgIpc) is 2.90. The fourth-order valence-electron chi connectivity index (χ4n) is 2.44. The van der Waals surface area contributed by atoms with Crippen LogP contribution in [0.3, 0.4) is 0 Å². The van der Waals surface area contributed by atoms with Gasteiger partial charge < -0.3 is 5.32 Å². The van der Waals surface area contributed by atoms with E-state index < -0.39 is 0 Å². The van der Waals surface area contributed by atoms with Crippen LogP contribution in [0.4, 0.5) is 5.82 Å². The molecule has 3 rings (SSSR count). The minimum Gasteiger partial charge on any atom is -0.372 e. The number of nitrogens with zero attached hydrogens (tertiary/aromatic N) is 2. The van der Waals surface area contributed by atoms with E-state index in [0.29, 0.717) is 5.25 Å². The molecule has 1 saturated heterocycles. The van der Waals surface area contributed by atoms with Crippen molar-refractivity contribution in [1.82, 2.24) is 9.97 Å². The second-order valence-corrected chi connectivity index (χ2v) is 7.25. The van der Waals surface area contributed by atoms with Gasteiger partial charge in [0.15, 0.2) is 0 Å². The lowest BCUT2D eigenvalue weighted by atomic mass is 10.2. The van der Waals surface area contributed by atoms with Crippen molar-refractivity contribution in [1.29, 1.82) is 0 Å². The van der Waals surface area contributed by atoms with E-state index in [1.165, 1.54) is 35.3 Å². The molecule has 5 heteroatoms. The van der Waals surface area contributed by atoms with Gasteiger partial charge in [0.2, 0.25) is 0 Å². The van der Waals surface area contributed by atoms with Gasteiger partial charge in [0, 0.05) is 11.9 Å². The zero-order chi connectivity index (χ0) is 13.2. The zero-order valence-electron chi connectivity index (χ0n) is 11.4. The predicted molar refractivity (Wildman–Crippen MR) is 85.4 cm³/mol. The number of hydrogen-bond donors (Lipinski definition) is 1. The second kappa shape index (κ2) is 5.67. The van der Waals surface area contributed by atoms with Crippen molar-refractivity contribution in [3.05, 3.63) is 16.8 Å². The van der Waals surface area contributed by atoms with E-state index in [2.05, 4.69) is 18.3 Å². The van der Waals surface area contributed by atoms with Crippen molar-refractivity contribution >= 4 is 39.1 Å². The minimum absolute atomic E-state index is 0.484. The van der Waals surface area contributed by atoms with Gasteiger partial charge in [-0.1, -0.05) is 13.3 Å². The van der Waals surface area contributed by atoms with Crippen LogP contribution in [0.1, 0.15) is 42.1 Å². The van der Waals surface area contributed by atoms with Crippen molar-refractivity contribution in [2.75, 3.05) is 18.1 Å². The summed E-state index contributed by atoms with van der Waals surface area (Å²) in [4.78, 5) is 12.1. The van der Waals surface area contributed by atoms with Gasteiger partial charge in [-0.3, -0.25) is 0 Å². The summed E-state index contributed by atoms with van der Waals surface area (Å²) in [6.45, 7) is 2.19. The first-order valence-corrected chi connectivity index (χ1v) is 8.78. The first kappa shape index (κ1) is 13.2. The lowest BCUT2D eigenvalue weighted by molar-refractivity contribution is 0.665. The lowest BCUT2D eigenvalue weighted by Gasteiger charge is -2.20. The van der Waals surface area contributed by atoms with Crippen LogP contribution in [0.15, 0.2) is 6.07 Å². The van der Waals surface area contributed by atoms with E-state index in [0.717, 1.165) is 22.9 Å². The molecule has 0 radical (unpaired) electrons. The van der Waals surface area contributed by atoms with E-state index in [1.54, 1.807) is 11.3 Å². The minimum atomic E-state index is 0.484. The van der Waals surface area contributed by atoms with Crippen LogP contribution in [0.5, 0.6) is 0 Å². The maximum Gasteiger partial charge on any atom is 0.145 e. The standard InChI is InChI=1S/C14H19N3S2/c1-3-9-8-10-12(15-2)16-13(17-14(10)19-9)11-6-4-5-7-18-11/h8,11H,3-7H2,1-2H3,(H,15,16,17). The summed E-state index contributed by atoms with van der Waals surface area (Å²) in [7, 11) is 1.95. The first-order chi connectivity index (χ1) is 9.31. The quantitative estimate of drug-likeness (QED) is 0.918. The molecule has 3 heterocycles. The molecule has 1 unspecified atom stereocenters. The fourth-order valence-corrected chi connectivity index (χ4v) is 4.66. The molecule has 1 aliphatic rings. The molecule has 1 aliphatic heterocycles. The van der Waals surface area contributed by atoms with Crippen molar-refractivity contribution in [3.8, 4) is 0 Å². The monoisotopic (exact) mass is 293 g/mol. The highest BCUT2D eigenvalue weighted by atomic mass is 32.2. The number of aryl methyl sites for hydroxylation is 1. The van der Waals surface area contributed by atoms with Gasteiger partial charge in [0.1, 0.15) is 16.5 Å². The number of anilines is 1. The maximum atomic E-state index is 4.82. The van der Waals surface area contributed by atoms with Gasteiger partial charge in [-0.2, -0.15) is 11.8 Å². The van der Waals surface area contributed by atoms with Crippen LogP contribution in [0.25, 0.3) is 10.2 Å². The summed E-state index contributed by atoms with van der Waals surface area (Å²) in [5, 5.41) is 4.89. The predicted octanol–water partition coefficient (Wildman–Crippen LogP) is 4.25. The molecule has 2 aromatic rings. The molecule has 0 saturated carbocycles. The zero-order valence-corrected chi connectivity index (χ0v) is 13.0. The third-order valence-electron chi connectivity index (χ3n) is 3.51. The molecule has 3 nitrogen and oxygen atoms in total. The molecule has 0 aliphatic carbocycles. The molecular weight excluding hydrogens is 274 g/mol. The molecule has 0 spiro atoms. The van der Waals surface area contributed by atoms with Gasteiger partial charge in [-0.05, 0) is 31.1 Å². The van der Waals surface area contributed by atoms with Gasteiger partial charge in [-0.25, -0.2) is 9.97 Å². The van der Waals surface area contributed by atoms with Crippen LogP contribution in [0.2, 0.25) is 0 Å². The number of fused-ring (bicyclic) bond motifs is 1. The Hall–Kier alpha value is -0.810. The van der Waals surface area contributed by atoms with Crippen LogP contribution in [-0.4, -0.2) is 22.8 Å². The van der Waals surface area contributed by atoms with Crippen LogP contribution in [-0.2, 0) is 6.42 Å². The van der Waals surface area contributed by atoms with E-state index in [1.807, 2.05) is 18.8 Å². The third kappa shape index (κ3) is 2.58. The van der Waals surface area contributed by atoms with Crippen molar-refractivity contribution in [2.24, 2.45) is 0 Å². The van der Waals surface area contributed by atoms with Crippen LogP contribution in [0, 0.1) is 0 Å². The number of rotatable bonds is 3. The molecule has 0 bridgehead atoms. The van der Waals surface area contributed by atoms with E-state index in [-0.39, 0.29) is 0 Å². The Morgan fingerprint density at radius 2 is 2.26 bits per heavy atom. The summed E-state index contributed by atoms with van der Waals surface area (Å²) in [6.07, 6.45) is 4.92. The molecular formula is C14H19N3S2. The fraction of sp³-hybridized carbons (Fsp3) is 0.571. The Bertz CT molecular complexity index is 573. The molecule has 102 valence electrons. The number of thioether (sulfide) groups is 1. The normalized spacial score (nSPS) is 19.8. The Balaban J connectivity index is 2.05. The highest BCUT2D eigenvalue weighted by molar-refractivity contribution is 7.99. The molecule has 2 aromatic heterocycles. The highest BCUT2D eigenvalue weighted by Crippen LogP contribution is 2.39. The number of aromatic nitrogens is 2. The SMILES string of the molecule is CCc1cc2c(NC)nc(C3CCCCS3)nc2s1. The number of thiophene rings is 1. The van der Waals surface area contributed by atoms with Crippen LogP contribution >= 0.6 is 23.1 Å². The summed E-state index contributed by atoms with van der Waals surface area (Å²) < 4.78 is 0. The third-order valence-corrected chi connectivity index (χ3v) is 6.06. The van der Waals surface area contributed by atoms with Crippen molar-refractivity contribution < 1.29 is 0 Å². The van der Waals surface area contributed by atoms with Gasteiger partial charge in [0.05, 0.1) is 10.6 Å². The maximum absolute atomic E-state index is 4.82. The average molecular weight is 293 g/mol. The van der Waals surface area contributed by atoms with E-state index >= 15 is 0 Å². The molecule has 1 atom stereocenters. The summed E-state index contributed by atoms with van der Waals surface area (Å²) in [6, 6.07) is 2.23. The summed E-state index contributed by atoms with van der Waals surface area (Å²) in [5.41, 5.74) is 0. The van der Waals surface area contributed by atoms with E-state index in [4.69, 9.17) is 9.97 Å². The topological polar surface area (TPSA) is 37.8 Å². The summed E-state index contributed by atoms with van der Waals surface area (Å²) in [5.74, 6) is 3.25. The molecule has 1 N–H and O–H groups in total. The molecule has 0 amide bonds. The number of nitrogens with one attached hydrogen (secondary N) is 1. The van der Waals surface area contributed by atoms with Gasteiger partial charge >= 0.3 is 0 Å². The first-order valence-electron chi connectivity index (χ1n) is 6.91. The lowest BCUT2D eigenvalue weighted by Crippen LogP contribution is -2.08. The van der Waals surface area contributed by atoms with Crippen molar-refractivity contribution in [3.63, 3.8) is 0 Å². The van der Waals surface area contributed by atoms with E-state index in [9.17, 15) is 0 Å². The van der Waals surface area contributed by atoms with Gasteiger partial charge in [-0.15, -0.1) is 11.3 Å².